The van der Waals surface area contributed by atoms with Gasteiger partial charge in [0.2, 0.25) is 0 Å². The third kappa shape index (κ3) is 4.48. The number of benzene rings is 8. The van der Waals surface area contributed by atoms with Gasteiger partial charge in [-0.2, -0.15) is 0 Å². The Balaban J connectivity index is 1.15. The second-order valence-electron chi connectivity index (χ2n) is 14.2. The number of hydrogen-bond acceptors (Lipinski definition) is 3. The molecule has 12 aromatic rings. The predicted molar refractivity (Wildman–Crippen MR) is 234 cm³/mol. The molecular formula is C50H31N5S. The minimum atomic E-state index is 0.689. The second kappa shape index (κ2) is 12.1. The van der Waals surface area contributed by atoms with Gasteiger partial charge in [0, 0.05) is 52.8 Å². The maximum Gasteiger partial charge on any atom is 0.182 e. The summed E-state index contributed by atoms with van der Waals surface area (Å²) in [6.45, 7) is 0. The highest BCUT2D eigenvalue weighted by Crippen LogP contribution is 2.45. The molecule has 0 radical (unpaired) electrons. The first-order chi connectivity index (χ1) is 27.8. The molecule has 0 bridgehead atoms. The first-order valence-electron chi connectivity index (χ1n) is 18.9. The maximum absolute atomic E-state index is 5.23. The Labute approximate surface area is 325 Å². The fourth-order valence-electron chi connectivity index (χ4n) is 8.74. The molecule has 12 rings (SSSR count). The van der Waals surface area contributed by atoms with Gasteiger partial charge in [0.1, 0.15) is 0 Å². The Morgan fingerprint density at radius 2 is 0.911 bits per heavy atom. The first kappa shape index (κ1) is 31.1. The lowest BCUT2D eigenvalue weighted by Gasteiger charge is -2.17. The molecule has 8 aromatic carbocycles. The van der Waals surface area contributed by atoms with Crippen molar-refractivity contribution < 1.29 is 0 Å². The average Bonchev–Trinajstić information content (AvgIpc) is 4.04. The van der Waals surface area contributed by atoms with Crippen molar-refractivity contribution in [1.29, 1.82) is 0 Å². The number of rotatable bonds is 5. The lowest BCUT2D eigenvalue weighted by atomic mass is 10.1. The van der Waals surface area contributed by atoms with Crippen LogP contribution in [0.2, 0.25) is 0 Å². The second-order valence-corrected chi connectivity index (χ2v) is 15.3. The molecule has 56 heavy (non-hydrogen) atoms. The van der Waals surface area contributed by atoms with Crippen LogP contribution in [0.25, 0.3) is 104 Å². The smallest absolute Gasteiger partial charge is 0.182 e. The molecule has 0 saturated carbocycles. The maximum atomic E-state index is 5.23. The highest BCUT2D eigenvalue weighted by Gasteiger charge is 2.24. The van der Waals surface area contributed by atoms with E-state index in [4.69, 9.17) is 10.1 Å². The van der Waals surface area contributed by atoms with E-state index in [2.05, 4.69) is 173 Å². The standard InChI is InChI=1S/C50H31N5S/c1-3-16-32(17-4-1)49-51-50(33-18-5-2-6-19-33)55(52-49)44-28-15-27-42-46(44)36-21-7-10-23-38(36)53(42)40-25-12-13-26-41(40)54-39-24-11-8-22-37(39)47-43(54)31-30-35-34-20-9-14-29-45(34)56-48(35)47/h1-31H. The molecule has 0 N–H and O–H groups in total. The third-order valence-corrected chi connectivity index (χ3v) is 12.3. The van der Waals surface area contributed by atoms with Crippen LogP contribution < -0.4 is 0 Å². The monoisotopic (exact) mass is 733 g/mol. The Hall–Kier alpha value is -7.28. The van der Waals surface area contributed by atoms with Crippen molar-refractivity contribution in [3.8, 4) is 39.8 Å². The van der Waals surface area contributed by atoms with Gasteiger partial charge in [-0.15, -0.1) is 16.4 Å². The molecule has 4 aromatic heterocycles. The number of aromatic nitrogens is 5. The van der Waals surface area contributed by atoms with Gasteiger partial charge in [0.15, 0.2) is 11.6 Å². The molecule has 0 aliphatic heterocycles. The van der Waals surface area contributed by atoms with E-state index in [1.807, 2.05) is 40.3 Å². The summed E-state index contributed by atoms with van der Waals surface area (Å²) < 4.78 is 9.57. The normalized spacial score (nSPS) is 11.9. The summed E-state index contributed by atoms with van der Waals surface area (Å²) in [5, 5.41) is 12.7. The minimum absolute atomic E-state index is 0.689. The average molecular weight is 734 g/mol. The summed E-state index contributed by atoms with van der Waals surface area (Å²) in [4.78, 5) is 5.16. The molecule has 0 fully saturated rings. The zero-order valence-corrected chi connectivity index (χ0v) is 30.9. The van der Waals surface area contributed by atoms with Crippen molar-refractivity contribution in [3.05, 3.63) is 188 Å². The number of para-hydroxylation sites is 4. The molecule has 0 amide bonds. The molecule has 262 valence electrons. The molecular weight excluding hydrogens is 703 g/mol. The van der Waals surface area contributed by atoms with Gasteiger partial charge in [-0.25, -0.2) is 9.67 Å². The summed E-state index contributed by atoms with van der Waals surface area (Å²) >= 11 is 1.89. The highest BCUT2D eigenvalue weighted by atomic mass is 32.1. The molecule has 0 spiro atoms. The van der Waals surface area contributed by atoms with Gasteiger partial charge >= 0.3 is 0 Å². The lowest BCUT2D eigenvalue weighted by Crippen LogP contribution is -2.04. The van der Waals surface area contributed by atoms with E-state index in [-0.39, 0.29) is 0 Å². The SMILES string of the molecule is c1ccc(-c2nc(-c3ccccc3)n(-c3cccc4c3c3ccccc3n4-c3ccccc3-n3c4ccccc4c4c5sc6ccccc6c5ccc43)n2)cc1. The molecule has 4 heterocycles. The van der Waals surface area contributed by atoms with E-state index < -0.39 is 0 Å². The Kier molecular flexibility index (Phi) is 6.73. The zero-order chi connectivity index (χ0) is 36.7. The minimum Gasteiger partial charge on any atom is -0.307 e. The van der Waals surface area contributed by atoms with Crippen LogP contribution in [0.15, 0.2) is 188 Å². The van der Waals surface area contributed by atoms with E-state index in [1.54, 1.807) is 0 Å². The Morgan fingerprint density at radius 3 is 1.62 bits per heavy atom. The van der Waals surface area contributed by atoms with Crippen LogP contribution in [0.4, 0.5) is 0 Å². The molecule has 0 unspecified atom stereocenters. The van der Waals surface area contributed by atoms with E-state index in [0.717, 1.165) is 55.8 Å². The van der Waals surface area contributed by atoms with Gasteiger partial charge < -0.3 is 9.13 Å². The Morgan fingerprint density at radius 1 is 0.375 bits per heavy atom. The van der Waals surface area contributed by atoms with Crippen molar-refractivity contribution in [2.24, 2.45) is 0 Å². The number of nitrogens with zero attached hydrogens (tertiary/aromatic N) is 5. The molecule has 0 atom stereocenters. The van der Waals surface area contributed by atoms with Crippen LogP contribution >= 0.6 is 11.3 Å². The molecule has 0 aliphatic carbocycles. The number of fused-ring (bicyclic) bond motifs is 10. The summed E-state index contributed by atoms with van der Waals surface area (Å²) in [5.41, 5.74) is 9.78. The fourth-order valence-corrected chi connectivity index (χ4v) is 10.00. The molecule has 5 nitrogen and oxygen atoms in total. The highest BCUT2D eigenvalue weighted by molar-refractivity contribution is 7.26. The first-order valence-corrected chi connectivity index (χ1v) is 19.7. The van der Waals surface area contributed by atoms with E-state index in [0.29, 0.717) is 5.82 Å². The number of thiophene rings is 1. The quantitative estimate of drug-likeness (QED) is 0.177. The zero-order valence-electron chi connectivity index (χ0n) is 30.0. The van der Waals surface area contributed by atoms with Crippen LogP contribution in [0.5, 0.6) is 0 Å². The summed E-state index contributed by atoms with van der Waals surface area (Å²) in [5.74, 6) is 1.49. The van der Waals surface area contributed by atoms with E-state index >= 15 is 0 Å². The van der Waals surface area contributed by atoms with Gasteiger partial charge in [0.05, 0.1) is 39.1 Å². The topological polar surface area (TPSA) is 40.6 Å². The van der Waals surface area contributed by atoms with E-state index in [1.165, 1.54) is 42.0 Å². The van der Waals surface area contributed by atoms with Crippen molar-refractivity contribution in [3.63, 3.8) is 0 Å². The van der Waals surface area contributed by atoms with Gasteiger partial charge in [-0.1, -0.05) is 140 Å². The lowest BCUT2D eigenvalue weighted by molar-refractivity contribution is 0.898. The third-order valence-electron chi connectivity index (χ3n) is 11.1. The molecule has 0 aliphatic rings. The van der Waals surface area contributed by atoms with E-state index in [9.17, 15) is 0 Å². The largest absolute Gasteiger partial charge is 0.307 e. The van der Waals surface area contributed by atoms with Crippen molar-refractivity contribution in [2.45, 2.75) is 0 Å². The summed E-state index contributed by atoms with van der Waals surface area (Å²) in [6.07, 6.45) is 0. The van der Waals surface area contributed by atoms with Crippen molar-refractivity contribution in [1.82, 2.24) is 23.9 Å². The van der Waals surface area contributed by atoms with Crippen molar-refractivity contribution >= 4 is 75.1 Å². The van der Waals surface area contributed by atoms with Crippen LogP contribution in [0.3, 0.4) is 0 Å². The van der Waals surface area contributed by atoms with Crippen LogP contribution in [-0.2, 0) is 0 Å². The van der Waals surface area contributed by atoms with Gasteiger partial charge in [-0.3, -0.25) is 0 Å². The summed E-state index contributed by atoms with van der Waals surface area (Å²) in [6, 6.07) is 66.9. The number of hydrogen-bond donors (Lipinski definition) is 0. The molecule has 6 heteroatoms. The summed E-state index contributed by atoms with van der Waals surface area (Å²) in [7, 11) is 0. The van der Waals surface area contributed by atoms with Crippen LogP contribution in [0.1, 0.15) is 0 Å². The predicted octanol–water partition coefficient (Wildman–Crippen LogP) is 13.2. The Bertz CT molecular complexity index is 3480. The molecule has 0 saturated heterocycles. The van der Waals surface area contributed by atoms with Crippen LogP contribution in [-0.4, -0.2) is 23.9 Å². The van der Waals surface area contributed by atoms with Gasteiger partial charge in [-0.05, 0) is 48.5 Å². The fraction of sp³-hybridized carbons (Fsp3) is 0. The van der Waals surface area contributed by atoms with Crippen LogP contribution in [0, 0.1) is 0 Å². The van der Waals surface area contributed by atoms with Gasteiger partial charge in [0.25, 0.3) is 0 Å². The van der Waals surface area contributed by atoms with Crippen molar-refractivity contribution in [2.75, 3.05) is 0 Å².